The molecule has 1 heterocycles. The maximum Gasteiger partial charge on any atom is 0.164 e. The molecule has 0 bridgehead atoms. The maximum absolute atomic E-state index is 11.6. The number of carbonyl (C=O) groups excluding carboxylic acids is 1. The first kappa shape index (κ1) is 29.4. The Kier molecular flexibility index (Phi) is 10.9. The summed E-state index contributed by atoms with van der Waals surface area (Å²) >= 11 is 0. The van der Waals surface area contributed by atoms with Gasteiger partial charge in [-0.15, -0.1) is 0 Å². The minimum Gasteiger partial charge on any atom is -0.396 e. The van der Waals surface area contributed by atoms with Crippen LogP contribution in [0.2, 0.25) is 0 Å². The first-order valence-corrected chi connectivity index (χ1v) is 13.0. The van der Waals surface area contributed by atoms with E-state index in [0.717, 1.165) is 30.3 Å². The van der Waals surface area contributed by atoms with E-state index in [1.54, 1.807) is 13.8 Å². The smallest absolute Gasteiger partial charge is 0.164 e. The average molecular weight is 487 g/mol. The highest BCUT2D eigenvalue weighted by Gasteiger charge is 2.64. The van der Waals surface area contributed by atoms with Crippen molar-refractivity contribution >= 4 is 6.29 Å². The van der Waals surface area contributed by atoms with Gasteiger partial charge in [0.05, 0.1) is 17.1 Å². The molecule has 3 N–H and O–H groups in total. The van der Waals surface area contributed by atoms with Crippen LogP contribution in [-0.4, -0.2) is 46.2 Å². The number of allylic oxidation sites excluding steroid dienone is 9. The van der Waals surface area contributed by atoms with Crippen molar-refractivity contribution in [3.05, 3.63) is 58.2 Å². The van der Waals surface area contributed by atoms with Crippen LogP contribution in [-0.2, 0) is 9.53 Å². The number of aldehydes is 1. The molecule has 2 fully saturated rings. The SMILES string of the molecule is CC(C)=CCC/C(C)=C/C=C/C(C)=C/[C@H]1C[C@]2([C@H](CCCO)C(=C(C)C=O)CC[C@]2(C)O)[C@@H](O)O1. The molecule has 1 aliphatic carbocycles. The van der Waals surface area contributed by atoms with E-state index in [1.807, 2.05) is 25.2 Å². The zero-order valence-electron chi connectivity index (χ0n) is 22.5. The maximum atomic E-state index is 11.6. The van der Waals surface area contributed by atoms with Gasteiger partial charge in [0.15, 0.2) is 6.29 Å². The highest BCUT2D eigenvalue weighted by Crippen LogP contribution is 2.60. The molecule has 0 unspecified atom stereocenters. The van der Waals surface area contributed by atoms with Crippen LogP contribution in [0.4, 0.5) is 0 Å². The van der Waals surface area contributed by atoms with Gasteiger partial charge in [-0.25, -0.2) is 0 Å². The minimum atomic E-state index is -1.16. The number of hydrogen-bond acceptors (Lipinski definition) is 5. The third-order valence-electron chi connectivity index (χ3n) is 7.82. The molecular formula is C30H46O5. The predicted octanol–water partition coefficient (Wildman–Crippen LogP) is 5.72. The summed E-state index contributed by atoms with van der Waals surface area (Å²) in [5.74, 6) is -0.237. The lowest BCUT2D eigenvalue weighted by atomic mass is 9.53. The molecule has 1 aliphatic heterocycles. The third-order valence-corrected chi connectivity index (χ3v) is 7.82. The Bertz CT molecular complexity index is 884. The van der Waals surface area contributed by atoms with Crippen LogP contribution >= 0.6 is 0 Å². The molecule has 1 spiro atoms. The molecule has 5 heteroatoms. The molecule has 0 aromatic heterocycles. The molecule has 1 saturated heterocycles. The highest BCUT2D eigenvalue weighted by molar-refractivity contribution is 5.74. The van der Waals surface area contributed by atoms with Crippen LogP contribution in [0.5, 0.6) is 0 Å². The van der Waals surface area contributed by atoms with Crippen molar-refractivity contribution in [3.8, 4) is 0 Å². The van der Waals surface area contributed by atoms with E-state index in [-0.39, 0.29) is 18.6 Å². The lowest BCUT2D eigenvalue weighted by molar-refractivity contribution is -0.219. The molecule has 1 saturated carbocycles. The number of ether oxygens (including phenoxy) is 1. The lowest BCUT2D eigenvalue weighted by Crippen LogP contribution is -2.58. The van der Waals surface area contributed by atoms with Crippen LogP contribution in [0.25, 0.3) is 0 Å². The summed E-state index contributed by atoms with van der Waals surface area (Å²) in [4.78, 5) is 11.6. The Hall–Kier alpha value is -1.79. The number of rotatable bonds is 10. The summed E-state index contributed by atoms with van der Waals surface area (Å²) in [7, 11) is 0. The highest BCUT2D eigenvalue weighted by atomic mass is 16.6. The van der Waals surface area contributed by atoms with Crippen molar-refractivity contribution in [3.63, 3.8) is 0 Å². The van der Waals surface area contributed by atoms with Crippen molar-refractivity contribution in [1.29, 1.82) is 0 Å². The second-order valence-electron chi connectivity index (χ2n) is 10.9. The molecule has 5 atom stereocenters. The van der Waals surface area contributed by atoms with Gasteiger partial charge in [-0.05, 0) is 98.0 Å². The van der Waals surface area contributed by atoms with Crippen LogP contribution in [0.15, 0.2) is 58.2 Å². The molecule has 196 valence electrons. The predicted molar refractivity (Wildman–Crippen MR) is 142 cm³/mol. The largest absolute Gasteiger partial charge is 0.396 e. The fourth-order valence-electron chi connectivity index (χ4n) is 5.80. The zero-order chi connectivity index (χ0) is 26.2. The van der Waals surface area contributed by atoms with Crippen LogP contribution in [0, 0.1) is 11.3 Å². The first-order chi connectivity index (χ1) is 16.5. The molecular weight excluding hydrogens is 440 g/mol. The van der Waals surface area contributed by atoms with E-state index in [1.165, 1.54) is 11.1 Å². The quantitative estimate of drug-likeness (QED) is 0.159. The van der Waals surface area contributed by atoms with Crippen molar-refractivity contribution in [2.75, 3.05) is 6.61 Å². The molecule has 0 radical (unpaired) electrons. The topological polar surface area (TPSA) is 87.0 Å². The number of hydrogen-bond donors (Lipinski definition) is 3. The summed E-state index contributed by atoms with van der Waals surface area (Å²) in [6, 6.07) is 0. The molecule has 0 aromatic rings. The Labute approximate surface area is 212 Å². The molecule has 2 aliphatic rings. The normalized spacial score (nSPS) is 33.5. The first-order valence-electron chi connectivity index (χ1n) is 13.0. The zero-order valence-corrected chi connectivity index (χ0v) is 22.5. The molecule has 35 heavy (non-hydrogen) atoms. The van der Waals surface area contributed by atoms with Gasteiger partial charge in [-0.2, -0.15) is 0 Å². The Balaban J connectivity index is 2.26. The Morgan fingerprint density at radius 3 is 2.54 bits per heavy atom. The van der Waals surface area contributed by atoms with Crippen LogP contribution in [0.1, 0.15) is 86.5 Å². The van der Waals surface area contributed by atoms with Gasteiger partial charge in [-0.1, -0.05) is 52.7 Å². The van der Waals surface area contributed by atoms with Crippen molar-refractivity contribution < 1.29 is 24.9 Å². The summed E-state index contributed by atoms with van der Waals surface area (Å²) in [6.45, 7) is 12.0. The second kappa shape index (κ2) is 13.0. The lowest BCUT2D eigenvalue weighted by Gasteiger charge is -2.53. The standard InChI is InChI=1S/C30H46O5/c1-21(2)10-7-11-22(3)12-8-13-23(4)18-25-19-30(28(33)35-25)27(14-9-17-31)26(24(5)20-32)15-16-29(30,6)34/h8,10,12-13,18,20,25,27-28,31,33-34H,7,9,11,14-17,19H2,1-6H3/b13-8+,22-12+,23-18+,26-24?/t25-,27+,28-,29-,30-/m0/s1. The van der Waals surface area contributed by atoms with E-state index >= 15 is 0 Å². The number of aliphatic hydroxyl groups is 3. The average Bonchev–Trinajstić information content (AvgIpc) is 3.10. The van der Waals surface area contributed by atoms with Gasteiger partial charge in [-0.3, -0.25) is 4.79 Å². The third kappa shape index (κ3) is 7.13. The summed E-state index contributed by atoms with van der Waals surface area (Å²) in [5, 5.41) is 32.3. The molecule has 0 aromatic carbocycles. The second-order valence-corrected chi connectivity index (χ2v) is 10.9. The van der Waals surface area contributed by atoms with Gasteiger partial charge >= 0.3 is 0 Å². The number of carbonyl (C=O) groups is 1. The van der Waals surface area contributed by atoms with Crippen LogP contribution < -0.4 is 0 Å². The van der Waals surface area contributed by atoms with Gasteiger partial charge < -0.3 is 20.1 Å². The van der Waals surface area contributed by atoms with E-state index in [4.69, 9.17) is 4.74 Å². The van der Waals surface area contributed by atoms with Gasteiger partial charge in [0.1, 0.15) is 6.29 Å². The van der Waals surface area contributed by atoms with Gasteiger partial charge in [0.25, 0.3) is 0 Å². The minimum absolute atomic E-state index is 0.0214. The summed E-state index contributed by atoms with van der Waals surface area (Å²) in [6.07, 6.45) is 14.5. The van der Waals surface area contributed by atoms with Crippen LogP contribution in [0.3, 0.4) is 0 Å². The van der Waals surface area contributed by atoms with Gasteiger partial charge in [0.2, 0.25) is 0 Å². The number of aliphatic hydroxyl groups excluding tert-OH is 2. The van der Waals surface area contributed by atoms with E-state index in [9.17, 15) is 20.1 Å². The summed E-state index contributed by atoms with van der Waals surface area (Å²) in [5.41, 5.74) is 3.20. The Morgan fingerprint density at radius 1 is 1.20 bits per heavy atom. The van der Waals surface area contributed by atoms with Gasteiger partial charge in [0, 0.05) is 6.61 Å². The van der Waals surface area contributed by atoms with E-state index in [0.29, 0.717) is 37.7 Å². The molecule has 0 amide bonds. The fraction of sp³-hybridized carbons (Fsp3) is 0.633. The summed E-state index contributed by atoms with van der Waals surface area (Å²) < 4.78 is 6.03. The Morgan fingerprint density at radius 2 is 1.91 bits per heavy atom. The van der Waals surface area contributed by atoms with E-state index < -0.39 is 17.3 Å². The fourth-order valence-corrected chi connectivity index (χ4v) is 5.80. The van der Waals surface area contributed by atoms with E-state index in [2.05, 4.69) is 32.9 Å². The monoisotopic (exact) mass is 486 g/mol. The van der Waals surface area contributed by atoms with Crippen molar-refractivity contribution in [2.24, 2.45) is 11.3 Å². The van der Waals surface area contributed by atoms with Crippen molar-refractivity contribution in [2.45, 2.75) is 104 Å². The molecule has 2 rings (SSSR count). The molecule has 5 nitrogen and oxygen atoms in total. The van der Waals surface area contributed by atoms with Crippen molar-refractivity contribution in [1.82, 2.24) is 0 Å².